The SMILES string of the molecule is CC(C)OC(=O)[C@H]1C[C@@H](N(C)c2ncnc3[nH]ccc23)C1. The minimum atomic E-state index is -0.0795. The zero-order chi connectivity index (χ0) is 15.0. The van der Waals surface area contributed by atoms with Crippen molar-refractivity contribution >= 4 is 22.8 Å². The average Bonchev–Trinajstić information content (AvgIpc) is 2.83. The Labute approximate surface area is 123 Å². The fourth-order valence-electron chi connectivity index (χ4n) is 2.74. The van der Waals surface area contributed by atoms with Crippen LogP contribution < -0.4 is 4.90 Å². The Morgan fingerprint density at radius 2 is 2.19 bits per heavy atom. The number of aromatic amines is 1. The lowest BCUT2D eigenvalue weighted by Gasteiger charge is -2.40. The molecule has 0 amide bonds. The number of anilines is 1. The van der Waals surface area contributed by atoms with Gasteiger partial charge in [-0.1, -0.05) is 0 Å². The molecule has 1 N–H and O–H groups in total. The summed E-state index contributed by atoms with van der Waals surface area (Å²) in [6, 6.07) is 2.30. The van der Waals surface area contributed by atoms with Gasteiger partial charge < -0.3 is 14.6 Å². The number of carbonyl (C=O) groups excluding carboxylic acids is 1. The van der Waals surface area contributed by atoms with E-state index in [9.17, 15) is 4.79 Å². The van der Waals surface area contributed by atoms with Crippen LogP contribution >= 0.6 is 0 Å². The van der Waals surface area contributed by atoms with Crippen LogP contribution in [0, 0.1) is 5.92 Å². The van der Waals surface area contributed by atoms with E-state index in [0.717, 1.165) is 29.7 Å². The van der Waals surface area contributed by atoms with E-state index < -0.39 is 0 Å². The second kappa shape index (κ2) is 5.35. The Morgan fingerprint density at radius 3 is 2.90 bits per heavy atom. The molecule has 0 saturated heterocycles. The molecule has 0 unspecified atom stereocenters. The van der Waals surface area contributed by atoms with Gasteiger partial charge in [-0.25, -0.2) is 9.97 Å². The minimum absolute atomic E-state index is 0.0170. The monoisotopic (exact) mass is 288 g/mol. The van der Waals surface area contributed by atoms with E-state index in [-0.39, 0.29) is 18.0 Å². The summed E-state index contributed by atoms with van der Waals surface area (Å²) in [5, 5.41) is 1.01. The number of hydrogen-bond acceptors (Lipinski definition) is 5. The lowest BCUT2D eigenvalue weighted by atomic mass is 9.79. The van der Waals surface area contributed by atoms with Gasteiger partial charge in [0.15, 0.2) is 0 Å². The van der Waals surface area contributed by atoms with Crippen LogP contribution in [0.25, 0.3) is 11.0 Å². The smallest absolute Gasteiger partial charge is 0.309 e. The highest BCUT2D eigenvalue weighted by Gasteiger charge is 2.38. The number of rotatable bonds is 4. The maximum absolute atomic E-state index is 11.8. The van der Waals surface area contributed by atoms with Crippen molar-refractivity contribution in [2.45, 2.75) is 38.8 Å². The molecule has 3 rings (SSSR count). The predicted molar refractivity (Wildman–Crippen MR) is 80.0 cm³/mol. The molecule has 21 heavy (non-hydrogen) atoms. The van der Waals surface area contributed by atoms with Gasteiger partial charge in [0.25, 0.3) is 0 Å². The molecule has 0 atom stereocenters. The molecular weight excluding hydrogens is 268 g/mol. The van der Waals surface area contributed by atoms with Gasteiger partial charge >= 0.3 is 5.97 Å². The second-order valence-electron chi connectivity index (χ2n) is 5.86. The molecule has 0 spiro atoms. The fourth-order valence-corrected chi connectivity index (χ4v) is 2.74. The van der Waals surface area contributed by atoms with Crippen LogP contribution in [-0.4, -0.2) is 40.1 Å². The first kappa shape index (κ1) is 13.9. The Bertz CT molecular complexity index is 646. The highest BCUT2D eigenvalue weighted by molar-refractivity contribution is 5.87. The van der Waals surface area contributed by atoms with Crippen LogP contribution in [-0.2, 0) is 9.53 Å². The van der Waals surface area contributed by atoms with Gasteiger partial charge in [0.2, 0.25) is 0 Å². The van der Waals surface area contributed by atoms with Gasteiger partial charge in [-0.2, -0.15) is 0 Å². The van der Waals surface area contributed by atoms with Crippen molar-refractivity contribution in [1.29, 1.82) is 0 Å². The van der Waals surface area contributed by atoms with Gasteiger partial charge in [0, 0.05) is 19.3 Å². The molecular formula is C15H20N4O2. The molecule has 0 aliphatic heterocycles. The highest BCUT2D eigenvalue weighted by atomic mass is 16.5. The van der Waals surface area contributed by atoms with Crippen LogP contribution in [0.1, 0.15) is 26.7 Å². The van der Waals surface area contributed by atoms with Crippen molar-refractivity contribution < 1.29 is 9.53 Å². The lowest BCUT2D eigenvalue weighted by molar-refractivity contribution is -0.155. The summed E-state index contributed by atoms with van der Waals surface area (Å²) in [7, 11) is 2.02. The predicted octanol–water partition coefficient (Wildman–Crippen LogP) is 2.12. The van der Waals surface area contributed by atoms with E-state index in [0.29, 0.717) is 6.04 Å². The normalized spacial score (nSPS) is 21.3. The van der Waals surface area contributed by atoms with Gasteiger partial charge in [0.1, 0.15) is 17.8 Å². The number of carbonyl (C=O) groups is 1. The molecule has 1 saturated carbocycles. The molecule has 0 bridgehead atoms. The van der Waals surface area contributed by atoms with Crippen LogP contribution in [0.2, 0.25) is 0 Å². The Morgan fingerprint density at radius 1 is 1.43 bits per heavy atom. The van der Waals surface area contributed by atoms with Crippen LogP contribution in [0.5, 0.6) is 0 Å². The van der Waals surface area contributed by atoms with Gasteiger partial charge in [-0.05, 0) is 32.8 Å². The Kier molecular flexibility index (Phi) is 3.53. The molecule has 2 heterocycles. The highest BCUT2D eigenvalue weighted by Crippen LogP contribution is 2.35. The summed E-state index contributed by atoms with van der Waals surface area (Å²) in [5.41, 5.74) is 0.835. The number of aromatic nitrogens is 3. The number of hydrogen-bond donors (Lipinski definition) is 1. The summed E-state index contributed by atoms with van der Waals surface area (Å²) in [4.78, 5) is 25.6. The van der Waals surface area contributed by atoms with Gasteiger partial charge in [0.05, 0.1) is 17.4 Å². The summed E-state index contributed by atoms with van der Waals surface area (Å²) >= 11 is 0. The molecule has 6 heteroatoms. The second-order valence-corrected chi connectivity index (χ2v) is 5.86. The van der Waals surface area contributed by atoms with Crippen LogP contribution in [0.15, 0.2) is 18.6 Å². The maximum atomic E-state index is 11.8. The molecule has 112 valence electrons. The number of ether oxygens (including phenoxy) is 1. The number of nitrogens with zero attached hydrogens (tertiary/aromatic N) is 3. The van der Waals surface area contributed by atoms with Crippen molar-refractivity contribution in [3.05, 3.63) is 18.6 Å². The topological polar surface area (TPSA) is 71.1 Å². The summed E-state index contributed by atoms with van der Waals surface area (Å²) in [6.07, 6.45) is 5.01. The molecule has 2 aromatic heterocycles. The maximum Gasteiger partial charge on any atom is 0.309 e. The average molecular weight is 288 g/mol. The van der Waals surface area contributed by atoms with Crippen molar-refractivity contribution in [1.82, 2.24) is 15.0 Å². The molecule has 6 nitrogen and oxygen atoms in total. The molecule has 1 aliphatic rings. The van der Waals surface area contributed by atoms with E-state index in [1.165, 1.54) is 0 Å². The fraction of sp³-hybridized carbons (Fsp3) is 0.533. The van der Waals surface area contributed by atoms with E-state index in [4.69, 9.17) is 4.74 Å². The van der Waals surface area contributed by atoms with Crippen molar-refractivity contribution in [3.63, 3.8) is 0 Å². The largest absolute Gasteiger partial charge is 0.463 e. The van der Waals surface area contributed by atoms with E-state index >= 15 is 0 Å². The van der Waals surface area contributed by atoms with Gasteiger partial charge in [-0.15, -0.1) is 0 Å². The molecule has 0 radical (unpaired) electrons. The van der Waals surface area contributed by atoms with Gasteiger partial charge in [-0.3, -0.25) is 4.79 Å². The number of H-pyrrole nitrogens is 1. The first-order valence-corrected chi connectivity index (χ1v) is 7.27. The third kappa shape index (κ3) is 2.57. The molecule has 2 aromatic rings. The summed E-state index contributed by atoms with van der Waals surface area (Å²) < 4.78 is 5.26. The van der Waals surface area contributed by atoms with E-state index in [1.807, 2.05) is 33.2 Å². The zero-order valence-electron chi connectivity index (χ0n) is 12.5. The Balaban J connectivity index is 1.67. The van der Waals surface area contributed by atoms with Crippen molar-refractivity contribution in [2.75, 3.05) is 11.9 Å². The zero-order valence-corrected chi connectivity index (χ0v) is 12.5. The van der Waals surface area contributed by atoms with E-state index in [1.54, 1.807) is 6.33 Å². The first-order valence-electron chi connectivity index (χ1n) is 7.27. The van der Waals surface area contributed by atoms with Crippen LogP contribution in [0.4, 0.5) is 5.82 Å². The number of esters is 1. The van der Waals surface area contributed by atoms with Crippen LogP contribution in [0.3, 0.4) is 0 Å². The molecule has 1 fully saturated rings. The number of nitrogens with one attached hydrogen (secondary N) is 1. The van der Waals surface area contributed by atoms with Crippen molar-refractivity contribution in [2.24, 2.45) is 5.92 Å². The first-order chi connectivity index (χ1) is 10.1. The standard InChI is InChI=1S/C15H20N4O2/c1-9(2)21-15(20)10-6-11(7-10)19(3)14-12-4-5-16-13(12)17-8-18-14/h4-5,8-11H,6-7H2,1-3H3,(H,16,17,18)/t10-,11+. The quantitative estimate of drug-likeness (QED) is 0.873. The molecule has 0 aromatic carbocycles. The van der Waals surface area contributed by atoms with Crippen molar-refractivity contribution in [3.8, 4) is 0 Å². The minimum Gasteiger partial charge on any atom is -0.463 e. The Hall–Kier alpha value is -2.11. The number of fused-ring (bicyclic) bond motifs is 1. The molecule has 1 aliphatic carbocycles. The third-order valence-corrected chi connectivity index (χ3v) is 4.01. The summed E-state index contributed by atoms with van der Waals surface area (Å²) in [6.45, 7) is 3.76. The van der Waals surface area contributed by atoms with E-state index in [2.05, 4.69) is 19.9 Å². The lowest BCUT2D eigenvalue weighted by Crippen LogP contribution is -2.46. The third-order valence-electron chi connectivity index (χ3n) is 4.01. The summed E-state index contributed by atoms with van der Waals surface area (Å²) in [5.74, 6) is 0.842.